The Balaban J connectivity index is 2.66. The third-order valence-electron chi connectivity index (χ3n) is 2.90. The van der Waals surface area contributed by atoms with Crippen LogP contribution in [-0.2, 0) is 5.72 Å². The minimum Gasteiger partial charge on any atom is -0.336 e. The molecular formula is C11H14NO2+. The standard InChI is InChI=1S/C11H14NO2/c1-11(13)10-6-4-3-5-9(10)7-8-12(11,2)14/h3-8,13-14H,1-2H3/q+1. The average Bonchev–Trinajstić information content (AvgIpc) is 2.13. The van der Waals surface area contributed by atoms with Gasteiger partial charge in [0.05, 0.1) is 5.56 Å². The van der Waals surface area contributed by atoms with Crippen LogP contribution in [0.15, 0.2) is 30.5 Å². The van der Waals surface area contributed by atoms with Gasteiger partial charge in [-0.15, -0.1) is 4.65 Å². The fourth-order valence-corrected chi connectivity index (χ4v) is 1.69. The molecule has 0 aliphatic carbocycles. The predicted molar refractivity (Wildman–Crippen MR) is 53.0 cm³/mol. The minimum absolute atomic E-state index is 0.538. The van der Waals surface area contributed by atoms with Crippen LogP contribution in [-0.4, -0.2) is 22.0 Å². The molecule has 1 aromatic rings. The normalized spacial score (nSPS) is 35.4. The van der Waals surface area contributed by atoms with E-state index in [2.05, 4.69) is 0 Å². The van der Waals surface area contributed by atoms with E-state index in [0.717, 1.165) is 11.1 Å². The summed E-state index contributed by atoms with van der Waals surface area (Å²) in [6.07, 6.45) is 3.38. The number of rotatable bonds is 0. The smallest absolute Gasteiger partial charge is 0.259 e. The molecule has 2 unspecified atom stereocenters. The predicted octanol–water partition coefficient (Wildman–Crippen LogP) is 1.67. The van der Waals surface area contributed by atoms with E-state index in [9.17, 15) is 10.3 Å². The first-order valence-electron chi connectivity index (χ1n) is 4.55. The summed E-state index contributed by atoms with van der Waals surface area (Å²) in [4.78, 5) is 0. The van der Waals surface area contributed by atoms with Crippen molar-refractivity contribution in [3.05, 3.63) is 41.6 Å². The third kappa shape index (κ3) is 1.10. The molecule has 2 N–H and O–H groups in total. The number of aliphatic hydroxyl groups is 1. The lowest BCUT2D eigenvalue weighted by molar-refractivity contribution is -1.11. The van der Waals surface area contributed by atoms with Crippen LogP contribution >= 0.6 is 0 Å². The number of benzene rings is 1. The molecule has 0 aromatic heterocycles. The highest BCUT2D eigenvalue weighted by molar-refractivity contribution is 5.55. The van der Waals surface area contributed by atoms with Gasteiger partial charge in [-0.1, -0.05) is 18.2 Å². The van der Waals surface area contributed by atoms with Crippen LogP contribution in [0, 0.1) is 0 Å². The Morgan fingerprint density at radius 1 is 1.29 bits per heavy atom. The summed E-state index contributed by atoms with van der Waals surface area (Å²) in [5.41, 5.74) is 0.403. The van der Waals surface area contributed by atoms with Crippen molar-refractivity contribution in [3.8, 4) is 0 Å². The molecule has 74 valence electrons. The number of hydrogen-bond acceptors (Lipinski definition) is 2. The van der Waals surface area contributed by atoms with Crippen LogP contribution in [0.2, 0.25) is 0 Å². The van der Waals surface area contributed by atoms with Crippen LogP contribution in [0.5, 0.6) is 0 Å². The molecule has 0 fully saturated rings. The van der Waals surface area contributed by atoms with E-state index < -0.39 is 10.4 Å². The van der Waals surface area contributed by atoms with E-state index in [4.69, 9.17) is 0 Å². The first-order valence-corrected chi connectivity index (χ1v) is 4.55. The van der Waals surface area contributed by atoms with Crippen LogP contribution in [0.3, 0.4) is 0 Å². The molecule has 2 atom stereocenters. The first kappa shape index (κ1) is 9.40. The number of fused-ring (bicyclic) bond motifs is 1. The first-order chi connectivity index (χ1) is 6.45. The van der Waals surface area contributed by atoms with Crippen molar-refractivity contribution >= 4 is 6.08 Å². The van der Waals surface area contributed by atoms with Gasteiger partial charge in [-0.25, -0.2) is 5.21 Å². The van der Waals surface area contributed by atoms with E-state index in [1.54, 1.807) is 20.2 Å². The lowest BCUT2D eigenvalue weighted by Crippen LogP contribution is -2.53. The van der Waals surface area contributed by atoms with Crippen molar-refractivity contribution in [2.24, 2.45) is 0 Å². The van der Waals surface area contributed by atoms with Crippen molar-refractivity contribution in [3.63, 3.8) is 0 Å². The zero-order chi connectivity index (χ0) is 10.4. The maximum absolute atomic E-state index is 10.2. The molecule has 1 heterocycles. The Kier molecular flexibility index (Phi) is 1.79. The Morgan fingerprint density at radius 2 is 1.93 bits per heavy atom. The quantitative estimate of drug-likeness (QED) is 0.614. The van der Waals surface area contributed by atoms with Crippen molar-refractivity contribution in [1.29, 1.82) is 0 Å². The third-order valence-corrected chi connectivity index (χ3v) is 2.90. The van der Waals surface area contributed by atoms with E-state index in [0.29, 0.717) is 0 Å². The molecule has 3 heteroatoms. The van der Waals surface area contributed by atoms with Gasteiger partial charge in [-0.3, -0.25) is 0 Å². The maximum atomic E-state index is 10.2. The Morgan fingerprint density at radius 3 is 2.64 bits per heavy atom. The van der Waals surface area contributed by atoms with Gasteiger partial charge in [0.1, 0.15) is 13.2 Å². The summed E-state index contributed by atoms with van der Waals surface area (Å²) < 4.78 is -0.538. The molecule has 1 aliphatic heterocycles. The zero-order valence-electron chi connectivity index (χ0n) is 8.31. The fraction of sp³-hybridized carbons (Fsp3) is 0.273. The zero-order valence-corrected chi connectivity index (χ0v) is 8.31. The Labute approximate surface area is 83.1 Å². The second-order valence-electron chi connectivity index (χ2n) is 3.95. The van der Waals surface area contributed by atoms with Crippen molar-refractivity contribution in [1.82, 2.24) is 0 Å². The van der Waals surface area contributed by atoms with Gasteiger partial charge in [0.2, 0.25) is 0 Å². The van der Waals surface area contributed by atoms with E-state index in [-0.39, 0.29) is 0 Å². The second-order valence-corrected chi connectivity index (χ2v) is 3.95. The second kappa shape index (κ2) is 2.67. The summed E-state index contributed by atoms with van der Waals surface area (Å²) in [6.45, 7) is 1.61. The molecule has 3 nitrogen and oxygen atoms in total. The minimum atomic E-state index is -1.29. The summed E-state index contributed by atoms with van der Waals surface area (Å²) in [5, 5.41) is 20.2. The highest BCUT2D eigenvalue weighted by Gasteiger charge is 2.46. The van der Waals surface area contributed by atoms with Crippen molar-refractivity contribution in [2.75, 3.05) is 7.05 Å². The molecule has 0 spiro atoms. The Bertz CT molecular complexity index is 394. The number of hydrogen-bond donors (Lipinski definition) is 2. The van der Waals surface area contributed by atoms with Crippen LogP contribution in [0.25, 0.3) is 6.08 Å². The van der Waals surface area contributed by atoms with Gasteiger partial charge in [-0.05, 0) is 11.6 Å². The fourth-order valence-electron chi connectivity index (χ4n) is 1.69. The van der Waals surface area contributed by atoms with Crippen molar-refractivity contribution < 1.29 is 15.0 Å². The molecule has 14 heavy (non-hydrogen) atoms. The molecule has 0 amide bonds. The molecule has 0 bridgehead atoms. The summed E-state index contributed by atoms with van der Waals surface area (Å²) >= 11 is 0. The van der Waals surface area contributed by atoms with Gasteiger partial charge < -0.3 is 5.11 Å². The summed E-state index contributed by atoms with van der Waals surface area (Å²) in [7, 11) is 1.55. The van der Waals surface area contributed by atoms with Gasteiger partial charge in [0.25, 0.3) is 5.72 Å². The van der Waals surface area contributed by atoms with Crippen molar-refractivity contribution in [2.45, 2.75) is 12.6 Å². The Hall–Kier alpha value is -1.16. The van der Waals surface area contributed by atoms with Gasteiger partial charge in [0, 0.05) is 13.0 Å². The molecular weight excluding hydrogens is 178 g/mol. The van der Waals surface area contributed by atoms with Gasteiger partial charge in [0.15, 0.2) is 0 Å². The SMILES string of the molecule is CC1(O)c2ccccc2C=C[N+]1(C)O. The molecule has 0 saturated carbocycles. The molecule has 0 radical (unpaired) electrons. The number of nitrogens with zero attached hydrogens (tertiary/aromatic N) is 1. The van der Waals surface area contributed by atoms with E-state index in [1.165, 1.54) is 0 Å². The summed E-state index contributed by atoms with van der Waals surface area (Å²) in [5.74, 6) is 0. The van der Waals surface area contributed by atoms with E-state index >= 15 is 0 Å². The summed E-state index contributed by atoms with van der Waals surface area (Å²) in [6, 6.07) is 7.50. The number of hydroxylamine groups is 3. The highest BCUT2D eigenvalue weighted by atomic mass is 16.6. The van der Waals surface area contributed by atoms with Crippen LogP contribution in [0.1, 0.15) is 18.1 Å². The average molecular weight is 192 g/mol. The van der Waals surface area contributed by atoms with Crippen LogP contribution in [0.4, 0.5) is 0 Å². The monoisotopic (exact) mass is 192 g/mol. The molecule has 2 rings (SSSR count). The number of quaternary nitrogens is 1. The molecule has 1 aromatic carbocycles. The van der Waals surface area contributed by atoms with Gasteiger partial charge in [-0.2, -0.15) is 0 Å². The molecule has 0 saturated heterocycles. The largest absolute Gasteiger partial charge is 0.336 e. The van der Waals surface area contributed by atoms with Gasteiger partial charge >= 0.3 is 0 Å². The maximum Gasteiger partial charge on any atom is 0.259 e. The molecule has 1 aliphatic rings. The lowest BCUT2D eigenvalue weighted by Gasteiger charge is -2.38. The topological polar surface area (TPSA) is 40.5 Å². The van der Waals surface area contributed by atoms with Crippen LogP contribution < -0.4 is 0 Å². The van der Waals surface area contributed by atoms with E-state index in [1.807, 2.05) is 30.3 Å². The lowest BCUT2D eigenvalue weighted by atomic mass is 9.94. The highest BCUT2D eigenvalue weighted by Crippen LogP contribution is 2.36.